The van der Waals surface area contributed by atoms with Crippen molar-refractivity contribution in [3.8, 4) is 0 Å². The first-order valence-electron chi connectivity index (χ1n) is 8.64. The van der Waals surface area contributed by atoms with E-state index in [-0.39, 0.29) is 5.91 Å². The van der Waals surface area contributed by atoms with Crippen LogP contribution in [0.5, 0.6) is 0 Å². The Morgan fingerprint density at radius 3 is 2.74 bits per heavy atom. The fourth-order valence-electron chi connectivity index (χ4n) is 3.44. The van der Waals surface area contributed by atoms with Crippen LogP contribution in [0.25, 0.3) is 10.8 Å². The fraction of sp³-hybridized carbons (Fsp3) is 0.400. The number of nitrogens with one attached hydrogen (secondary N) is 1. The van der Waals surface area contributed by atoms with Crippen LogP contribution in [0.4, 0.5) is 0 Å². The van der Waals surface area contributed by atoms with Crippen molar-refractivity contribution in [2.75, 3.05) is 0 Å². The van der Waals surface area contributed by atoms with Gasteiger partial charge in [-0.15, -0.1) is 0 Å². The number of fused-ring (bicyclic) bond motifs is 1. The van der Waals surface area contributed by atoms with E-state index in [0.29, 0.717) is 5.56 Å². The molecule has 0 spiro atoms. The molecule has 1 N–H and O–H groups in total. The largest absolute Gasteiger partial charge is 0.271 e. The van der Waals surface area contributed by atoms with Gasteiger partial charge in [0.15, 0.2) is 0 Å². The third kappa shape index (κ3) is 4.19. The van der Waals surface area contributed by atoms with Crippen LogP contribution in [-0.4, -0.2) is 12.1 Å². The minimum atomic E-state index is -0.143. The summed E-state index contributed by atoms with van der Waals surface area (Å²) in [5, 5.41) is 6.15. The molecule has 0 atom stereocenters. The molecule has 0 bridgehead atoms. The molecule has 3 rings (SSSR count). The molecule has 0 unspecified atom stereocenters. The second-order valence-corrected chi connectivity index (χ2v) is 6.36. The third-order valence-electron chi connectivity index (χ3n) is 4.72. The van der Waals surface area contributed by atoms with Crippen molar-refractivity contribution in [3.05, 3.63) is 48.0 Å². The van der Waals surface area contributed by atoms with Crippen LogP contribution in [0, 0.1) is 5.92 Å². The number of hydrogen-bond donors (Lipinski definition) is 1. The molecule has 1 amide bonds. The minimum absolute atomic E-state index is 0.143. The van der Waals surface area contributed by atoms with E-state index >= 15 is 0 Å². The van der Waals surface area contributed by atoms with Gasteiger partial charge in [0.2, 0.25) is 0 Å². The number of nitrogens with zero attached hydrogens (tertiary/aromatic N) is 1. The Bertz CT molecular complexity index is 682. The molecule has 0 aromatic heterocycles. The Balaban J connectivity index is 1.53. The summed E-state index contributed by atoms with van der Waals surface area (Å²) in [6.07, 6.45) is 10.8. The van der Waals surface area contributed by atoms with Crippen molar-refractivity contribution in [2.45, 2.75) is 44.9 Å². The standard InChI is InChI=1S/C20H24N2O/c23-20(19-14-6-12-17-11-4-5-13-18(17)19)22-21-15-7-10-16-8-2-1-3-9-16/h4-6,11-16H,1-3,7-10H2,(H,22,23)/b21-15+. The Kier molecular flexibility index (Phi) is 5.41. The van der Waals surface area contributed by atoms with Gasteiger partial charge < -0.3 is 0 Å². The van der Waals surface area contributed by atoms with Crippen molar-refractivity contribution in [1.29, 1.82) is 0 Å². The molecule has 1 aliphatic carbocycles. The van der Waals surface area contributed by atoms with E-state index < -0.39 is 0 Å². The van der Waals surface area contributed by atoms with E-state index in [2.05, 4.69) is 10.5 Å². The van der Waals surface area contributed by atoms with Crippen LogP contribution in [0.1, 0.15) is 55.3 Å². The summed E-state index contributed by atoms with van der Waals surface area (Å²) in [5.41, 5.74) is 3.33. The van der Waals surface area contributed by atoms with E-state index in [1.807, 2.05) is 48.7 Å². The first kappa shape index (κ1) is 15.7. The van der Waals surface area contributed by atoms with Gasteiger partial charge in [-0.2, -0.15) is 5.10 Å². The molecule has 3 nitrogen and oxygen atoms in total. The first-order valence-corrected chi connectivity index (χ1v) is 8.64. The zero-order valence-electron chi connectivity index (χ0n) is 13.5. The minimum Gasteiger partial charge on any atom is -0.267 e. The van der Waals surface area contributed by atoms with Gasteiger partial charge in [-0.1, -0.05) is 68.5 Å². The maximum Gasteiger partial charge on any atom is 0.271 e. The first-order chi connectivity index (χ1) is 11.3. The number of carbonyl (C=O) groups is 1. The van der Waals surface area contributed by atoms with Crippen molar-refractivity contribution in [1.82, 2.24) is 5.43 Å². The molecule has 1 saturated carbocycles. The van der Waals surface area contributed by atoms with Gasteiger partial charge in [0.25, 0.3) is 5.91 Å². The lowest BCUT2D eigenvalue weighted by molar-refractivity contribution is 0.0956. The van der Waals surface area contributed by atoms with Crippen LogP contribution in [0.15, 0.2) is 47.6 Å². The Morgan fingerprint density at radius 1 is 1.09 bits per heavy atom. The lowest BCUT2D eigenvalue weighted by Crippen LogP contribution is -2.18. The lowest BCUT2D eigenvalue weighted by Gasteiger charge is -2.20. The van der Waals surface area contributed by atoms with Gasteiger partial charge in [0, 0.05) is 11.8 Å². The van der Waals surface area contributed by atoms with Gasteiger partial charge in [0.1, 0.15) is 0 Å². The van der Waals surface area contributed by atoms with Gasteiger partial charge >= 0.3 is 0 Å². The summed E-state index contributed by atoms with van der Waals surface area (Å²) in [5.74, 6) is 0.708. The molecule has 23 heavy (non-hydrogen) atoms. The summed E-state index contributed by atoms with van der Waals surface area (Å²) in [7, 11) is 0. The number of hydrazone groups is 1. The number of rotatable bonds is 5. The molecular formula is C20H24N2O. The molecule has 120 valence electrons. The predicted octanol–water partition coefficient (Wildman–Crippen LogP) is 4.92. The summed E-state index contributed by atoms with van der Waals surface area (Å²) in [6.45, 7) is 0. The van der Waals surface area contributed by atoms with Gasteiger partial charge in [-0.3, -0.25) is 4.79 Å². The van der Waals surface area contributed by atoms with Crippen molar-refractivity contribution < 1.29 is 4.79 Å². The van der Waals surface area contributed by atoms with Crippen LogP contribution in [0.2, 0.25) is 0 Å². The average molecular weight is 308 g/mol. The molecule has 2 aromatic rings. The number of hydrogen-bond acceptors (Lipinski definition) is 2. The normalized spacial score (nSPS) is 16.0. The molecule has 0 radical (unpaired) electrons. The summed E-state index contributed by atoms with van der Waals surface area (Å²) >= 11 is 0. The van der Waals surface area contributed by atoms with Gasteiger partial charge in [-0.05, 0) is 35.6 Å². The Morgan fingerprint density at radius 2 is 1.87 bits per heavy atom. The summed E-state index contributed by atoms with van der Waals surface area (Å²) in [6, 6.07) is 13.7. The van der Waals surface area contributed by atoms with Crippen LogP contribution in [-0.2, 0) is 0 Å². The van der Waals surface area contributed by atoms with E-state index in [4.69, 9.17) is 0 Å². The van der Waals surface area contributed by atoms with E-state index in [1.165, 1.54) is 38.5 Å². The molecule has 3 heteroatoms. The topological polar surface area (TPSA) is 41.5 Å². The predicted molar refractivity (Wildman–Crippen MR) is 95.7 cm³/mol. The van der Waals surface area contributed by atoms with Crippen molar-refractivity contribution in [3.63, 3.8) is 0 Å². The number of carbonyl (C=O) groups excluding carboxylic acids is 1. The molecular weight excluding hydrogens is 284 g/mol. The van der Waals surface area contributed by atoms with Crippen molar-refractivity contribution >= 4 is 22.9 Å². The summed E-state index contributed by atoms with van der Waals surface area (Å²) < 4.78 is 0. The quantitative estimate of drug-likeness (QED) is 0.618. The maximum absolute atomic E-state index is 12.3. The molecule has 1 fully saturated rings. The second-order valence-electron chi connectivity index (χ2n) is 6.36. The molecule has 2 aromatic carbocycles. The van der Waals surface area contributed by atoms with E-state index in [1.54, 1.807) is 0 Å². The average Bonchev–Trinajstić information content (AvgIpc) is 2.61. The van der Waals surface area contributed by atoms with Gasteiger partial charge in [-0.25, -0.2) is 5.43 Å². The van der Waals surface area contributed by atoms with Crippen LogP contribution >= 0.6 is 0 Å². The molecule has 0 heterocycles. The number of benzene rings is 2. The third-order valence-corrected chi connectivity index (χ3v) is 4.72. The highest BCUT2D eigenvalue weighted by Gasteiger charge is 2.12. The zero-order chi connectivity index (χ0) is 15.9. The van der Waals surface area contributed by atoms with Crippen molar-refractivity contribution in [2.24, 2.45) is 11.0 Å². The summed E-state index contributed by atoms with van der Waals surface area (Å²) in [4.78, 5) is 12.3. The molecule has 0 saturated heterocycles. The molecule has 1 aliphatic rings. The highest BCUT2D eigenvalue weighted by molar-refractivity contribution is 6.07. The monoisotopic (exact) mass is 308 g/mol. The van der Waals surface area contributed by atoms with E-state index in [0.717, 1.165) is 23.1 Å². The Hall–Kier alpha value is -2.16. The van der Waals surface area contributed by atoms with Crippen LogP contribution in [0.3, 0.4) is 0 Å². The number of amides is 1. The fourth-order valence-corrected chi connectivity index (χ4v) is 3.44. The van der Waals surface area contributed by atoms with Gasteiger partial charge in [0.05, 0.1) is 0 Å². The lowest BCUT2D eigenvalue weighted by atomic mass is 9.86. The SMILES string of the molecule is O=C(N/N=C/CCC1CCCCC1)c1cccc2ccccc12. The Labute approximate surface area is 137 Å². The smallest absolute Gasteiger partial charge is 0.267 e. The highest BCUT2D eigenvalue weighted by atomic mass is 16.2. The highest BCUT2D eigenvalue weighted by Crippen LogP contribution is 2.26. The molecule has 0 aliphatic heterocycles. The maximum atomic E-state index is 12.3. The second kappa shape index (κ2) is 7.91. The van der Waals surface area contributed by atoms with Crippen LogP contribution < -0.4 is 5.43 Å². The van der Waals surface area contributed by atoms with E-state index in [9.17, 15) is 4.79 Å². The zero-order valence-corrected chi connectivity index (χ0v) is 13.5.